The maximum absolute atomic E-state index is 12.5. The van der Waals surface area contributed by atoms with Crippen molar-refractivity contribution in [3.63, 3.8) is 0 Å². The van der Waals surface area contributed by atoms with Crippen LogP contribution in [-0.4, -0.2) is 11.6 Å². The number of carbonyl (C=O) groups is 2. The van der Waals surface area contributed by atoms with E-state index in [4.69, 9.17) is 0 Å². The molecule has 0 saturated heterocycles. The highest BCUT2D eigenvalue weighted by molar-refractivity contribution is 5.84. The van der Waals surface area contributed by atoms with E-state index in [-0.39, 0.29) is 34.5 Å². The monoisotopic (exact) mass is 302 g/mol. The van der Waals surface area contributed by atoms with Gasteiger partial charge in [-0.1, -0.05) is 65.8 Å². The Morgan fingerprint density at radius 3 is 1.41 bits per heavy atom. The van der Waals surface area contributed by atoms with Crippen LogP contribution in [0.25, 0.3) is 0 Å². The molecule has 0 heterocycles. The Labute approximate surface area is 135 Å². The molecule has 0 bridgehead atoms. The van der Waals surface area contributed by atoms with Gasteiger partial charge < -0.3 is 0 Å². The summed E-state index contributed by atoms with van der Waals surface area (Å²) in [5.41, 5.74) is -0.165. The van der Waals surface area contributed by atoms with Crippen molar-refractivity contribution < 1.29 is 9.59 Å². The molecule has 2 nitrogen and oxygen atoms in total. The molecule has 0 aromatic rings. The van der Waals surface area contributed by atoms with Gasteiger partial charge in [-0.05, 0) is 22.7 Å². The molecule has 0 radical (unpaired) electrons. The van der Waals surface area contributed by atoms with Crippen molar-refractivity contribution >= 4 is 11.6 Å². The molecule has 22 heavy (non-hydrogen) atoms. The van der Waals surface area contributed by atoms with Crippen LogP contribution in [0.15, 0.2) is 24.3 Å². The highest BCUT2D eigenvalue weighted by atomic mass is 16.1. The Bertz CT molecular complexity index is 474. The van der Waals surface area contributed by atoms with Crippen LogP contribution in [-0.2, 0) is 9.59 Å². The van der Waals surface area contributed by atoms with Gasteiger partial charge in [-0.3, -0.25) is 9.59 Å². The summed E-state index contributed by atoms with van der Waals surface area (Å²) in [6.45, 7) is 12.5. The molecule has 0 amide bonds. The SMILES string of the molecule is CC1C(=O)CC(C)(C)C=CC1C1C=CC(C)(C)CC(=O)C1C. The van der Waals surface area contributed by atoms with Crippen LogP contribution in [0.4, 0.5) is 0 Å². The second kappa shape index (κ2) is 5.79. The first kappa shape index (κ1) is 17.2. The number of hydrogen-bond donors (Lipinski definition) is 0. The maximum Gasteiger partial charge on any atom is 0.137 e. The van der Waals surface area contributed by atoms with Gasteiger partial charge in [-0.15, -0.1) is 0 Å². The second-order valence-electron chi connectivity index (χ2n) is 8.71. The number of ketones is 2. The van der Waals surface area contributed by atoms with Gasteiger partial charge in [0.1, 0.15) is 11.6 Å². The van der Waals surface area contributed by atoms with E-state index in [0.717, 1.165) is 0 Å². The summed E-state index contributed by atoms with van der Waals surface area (Å²) in [5, 5.41) is 0. The molecule has 4 atom stereocenters. The van der Waals surface area contributed by atoms with Crippen LogP contribution in [0.3, 0.4) is 0 Å². The van der Waals surface area contributed by atoms with Gasteiger partial charge in [0.2, 0.25) is 0 Å². The Hall–Kier alpha value is -1.18. The van der Waals surface area contributed by atoms with E-state index in [0.29, 0.717) is 24.4 Å². The highest BCUT2D eigenvalue weighted by Gasteiger charge is 2.39. The quantitative estimate of drug-likeness (QED) is 0.663. The zero-order valence-corrected chi connectivity index (χ0v) is 14.8. The second-order valence-corrected chi connectivity index (χ2v) is 8.71. The van der Waals surface area contributed by atoms with Crippen LogP contribution in [0.2, 0.25) is 0 Å². The molecule has 0 aliphatic heterocycles. The van der Waals surface area contributed by atoms with Crippen LogP contribution >= 0.6 is 0 Å². The Morgan fingerprint density at radius 1 is 0.773 bits per heavy atom. The molecule has 2 rings (SSSR count). The van der Waals surface area contributed by atoms with Gasteiger partial charge in [0.15, 0.2) is 0 Å². The van der Waals surface area contributed by atoms with Gasteiger partial charge in [-0.2, -0.15) is 0 Å². The first-order valence-corrected chi connectivity index (χ1v) is 8.47. The van der Waals surface area contributed by atoms with Crippen LogP contribution in [0.5, 0.6) is 0 Å². The standard InChI is InChI=1S/C20H30O2/c1-13-15(7-9-19(3,4)11-17(13)21)16-8-10-20(5,6)12-18(22)14(16)2/h7-10,13-16H,11-12H2,1-6H3. The lowest BCUT2D eigenvalue weighted by atomic mass is 9.73. The van der Waals surface area contributed by atoms with E-state index >= 15 is 0 Å². The van der Waals surface area contributed by atoms with E-state index in [1.807, 2.05) is 13.8 Å². The van der Waals surface area contributed by atoms with Gasteiger partial charge in [0, 0.05) is 24.7 Å². The lowest BCUT2D eigenvalue weighted by molar-refractivity contribution is -0.128. The van der Waals surface area contributed by atoms with Crippen LogP contribution in [0.1, 0.15) is 54.4 Å². The van der Waals surface area contributed by atoms with Gasteiger partial charge in [0.05, 0.1) is 0 Å². The fourth-order valence-corrected chi connectivity index (χ4v) is 3.77. The normalized spacial score (nSPS) is 37.7. The molecule has 0 spiro atoms. The van der Waals surface area contributed by atoms with E-state index < -0.39 is 0 Å². The van der Waals surface area contributed by atoms with Crippen molar-refractivity contribution in [2.24, 2.45) is 34.5 Å². The fraction of sp³-hybridized carbons (Fsp3) is 0.700. The zero-order valence-electron chi connectivity index (χ0n) is 14.8. The third-order valence-corrected chi connectivity index (χ3v) is 5.41. The van der Waals surface area contributed by atoms with E-state index in [1.165, 1.54) is 0 Å². The van der Waals surface area contributed by atoms with E-state index in [9.17, 15) is 9.59 Å². The van der Waals surface area contributed by atoms with E-state index in [1.54, 1.807) is 0 Å². The Balaban J connectivity index is 2.39. The largest absolute Gasteiger partial charge is 0.299 e. The predicted octanol–water partition coefficient (Wildman–Crippen LogP) is 4.60. The summed E-state index contributed by atoms with van der Waals surface area (Å²) in [6, 6.07) is 0. The number of carbonyl (C=O) groups excluding carboxylic acids is 2. The summed E-state index contributed by atoms with van der Waals surface area (Å²) in [5.74, 6) is 0.832. The van der Waals surface area contributed by atoms with Crippen molar-refractivity contribution in [1.82, 2.24) is 0 Å². The molecule has 0 saturated carbocycles. The average molecular weight is 302 g/mol. The fourth-order valence-electron chi connectivity index (χ4n) is 3.77. The average Bonchev–Trinajstić information content (AvgIpc) is 2.54. The van der Waals surface area contributed by atoms with Crippen LogP contribution in [0, 0.1) is 34.5 Å². The summed E-state index contributed by atoms with van der Waals surface area (Å²) in [4.78, 5) is 25.1. The summed E-state index contributed by atoms with van der Waals surface area (Å²) < 4.78 is 0. The Morgan fingerprint density at radius 2 is 1.09 bits per heavy atom. The third-order valence-electron chi connectivity index (χ3n) is 5.41. The summed E-state index contributed by atoms with van der Waals surface area (Å²) in [6.07, 6.45) is 9.94. The molecule has 122 valence electrons. The minimum Gasteiger partial charge on any atom is -0.299 e. The van der Waals surface area contributed by atoms with Crippen molar-refractivity contribution in [2.75, 3.05) is 0 Å². The van der Waals surface area contributed by atoms with Gasteiger partial charge in [-0.25, -0.2) is 0 Å². The molecule has 2 aliphatic rings. The molecular formula is C20H30O2. The lowest BCUT2D eigenvalue weighted by Gasteiger charge is -2.29. The topological polar surface area (TPSA) is 34.1 Å². The minimum atomic E-state index is -0.0823. The predicted molar refractivity (Wildman–Crippen MR) is 90.4 cm³/mol. The number of Topliss-reactive ketones (excluding diaryl/α,β-unsaturated/α-hetero) is 2. The first-order valence-electron chi connectivity index (χ1n) is 8.47. The molecule has 2 heteroatoms. The smallest absolute Gasteiger partial charge is 0.137 e. The number of rotatable bonds is 1. The molecule has 0 N–H and O–H groups in total. The highest BCUT2D eigenvalue weighted by Crippen LogP contribution is 2.41. The molecule has 2 aliphatic carbocycles. The van der Waals surface area contributed by atoms with Crippen molar-refractivity contribution in [1.29, 1.82) is 0 Å². The van der Waals surface area contributed by atoms with Gasteiger partial charge in [0.25, 0.3) is 0 Å². The van der Waals surface area contributed by atoms with Gasteiger partial charge >= 0.3 is 0 Å². The molecular weight excluding hydrogens is 272 g/mol. The van der Waals surface area contributed by atoms with Crippen molar-refractivity contribution in [3.8, 4) is 0 Å². The third kappa shape index (κ3) is 3.59. The molecule has 0 fully saturated rings. The van der Waals surface area contributed by atoms with Crippen LogP contribution < -0.4 is 0 Å². The lowest BCUT2D eigenvalue weighted by Crippen LogP contribution is -2.31. The number of hydrogen-bond acceptors (Lipinski definition) is 2. The van der Waals surface area contributed by atoms with Crippen molar-refractivity contribution in [3.05, 3.63) is 24.3 Å². The zero-order chi connectivity index (χ0) is 16.7. The Kier molecular flexibility index (Phi) is 4.52. The maximum atomic E-state index is 12.5. The molecule has 4 unspecified atom stereocenters. The van der Waals surface area contributed by atoms with Crippen molar-refractivity contribution in [2.45, 2.75) is 54.4 Å². The summed E-state index contributed by atoms with van der Waals surface area (Å²) in [7, 11) is 0. The van der Waals surface area contributed by atoms with E-state index in [2.05, 4.69) is 52.0 Å². The first-order chi connectivity index (χ1) is 10.0. The minimum absolute atomic E-state index is 0.0239. The molecule has 0 aromatic carbocycles. The summed E-state index contributed by atoms with van der Waals surface area (Å²) >= 11 is 0. The molecule has 0 aromatic heterocycles. The number of allylic oxidation sites excluding steroid dienone is 4.